The number of rotatable bonds is 5. The molecule has 0 bridgehead atoms. The van der Waals surface area contributed by atoms with E-state index in [-0.39, 0.29) is 5.75 Å². The number of fused-ring (bicyclic) bond motifs is 1. The molecule has 1 saturated heterocycles. The molecule has 0 unspecified atom stereocenters. The molecule has 1 aliphatic heterocycles. The predicted octanol–water partition coefficient (Wildman–Crippen LogP) is 1.88. The lowest BCUT2D eigenvalue weighted by Gasteiger charge is -2.31. The molecule has 22 heavy (non-hydrogen) atoms. The van der Waals surface area contributed by atoms with E-state index in [1.807, 2.05) is 11.3 Å². The predicted molar refractivity (Wildman–Crippen MR) is 89.8 cm³/mol. The maximum atomic E-state index is 11.0. The van der Waals surface area contributed by atoms with E-state index in [4.69, 9.17) is 10.1 Å². The van der Waals surface area contributed by atoms with Gasteiger partial charge in [-0.1, -0.05) is 0 Å². The van der Waals surface area contributed by atoms with Gasteiger partial charge in [0.2, 0.25) is 10.0 Å². The van der Waals surface area contributed by atoms with E-state index in [1.54, 1.807) is 0 Å². The largest absolute Gasteiger partial charge is 0.303 e. The van der Waals surface area contributed by atoms with Crippen LogP contribution in [0.25, 0.3) is 0 Å². The fraction of sp³-hybridized carbons (Fsp3) is 0.800. The molecule has 1 atom stereocenters. The van der Waals surface area contributed by atoms with Gasteiger partial charge in [0.1, 0.15) is 0 Å². The second kappa shape index (κ2) is 6.95. The van der Waals surface area contributed by atoms with E-state index < -0.39 is 10.0 Å². The summed E-state index contributed by atoms with van der Waals surface area (Å²) in [5.41, 5.74) is 1.34. The number of primary sulfonamides is 1. The second-order valence-corrected chi connectivity index (χ2v) is 9.34. The number of likely N-dealkylation sites (tertiary alicyclic amines) is 1. The van der Waals surface area contributed by atoms with Crippen LogP contribution >= 0.6 is 11.3 Å². The quantitative estimate of drug-likeness (QED) is 0.885. The Labute approximate surface area is 137 Å². The van der Waals surface area contributed by atoms with Gasteiger partial charge in [-0.2, -0.15) is 0 Å². The molecule has 1 aromatic heterocycles. The molecule has 3 rings (SSSR count). The molecule has 124 valence electrons. The van der Waals surface area contributed by atoms with Crippen molar-refractivity contribution in [2.45, 2.75) is 50.9 Å². The van der Waals surface area contributed by atoms with E-state index in [1.165, 1.54) is 47.7 Å². The third-order valence-corrected chi connectivity index (χ3v) is 6.80. The van der Waals surface area contributed by atoms with Crippen molar-refractivity contribution in [2.75, 3.05) is 25.4 Å². The molecule has 5 nitrogen and oxygen atoms in total. The van der Waals surface area contributed by atoms with Crippen molar-refractivity contribution < 1.29 is 8.42 Å². The first-order valence-corrected chi connectivity index (χ1v) is 10.8. The summed E-state index contributed by atoms with van der Waals surface area (Å²) >= 11 is 1.92. The van der Waals surface area contributed by atoms with E-state index >= 15 is 0 Å². The van der Waals surface area contributed by atoms with Gasteiger partial charge in [0.25, 0.3) is 0 Å². The van der Waals surface area contributed by atoms with Gasteiger partial charge in [-0.3, -0.25) is 0 Å². The Bertz CT molecular complexity index is 589. The molecule has 1 aliphatic carbocycles. The average Bonchev–Trinajstić information content (AvgIpc) is 2.90. The minimum absolute atomic E-state index is 0.0831. The number of thiazole rings is 1. The molecular weight excluding hydrogens is 318 g/mol. The number of nitrogens with two attached hydrogens (primary N) is 1. The first kappa shape index (κ1) is 16.4. The number of aromatic nitrogens is 1. The highest BCUT2D eigenvalue weighted by atomic mass is 32.2. The Morgan fingerprint density at radius 2 is 2.09 bits per heavy atom. The van der Waals surface area contributed by atoms with E-state index in [0.29, 0.717) is 12.3 Å². The minimum atomic E-state index is -3.33. The van der Waals surface area contributed by atoms with Crippen molar-refractivity contribution in [1.29, 1.82) is 0 Å². The van der Waals surface area contributed by atoms with E-state index in [2.05, 4.69) is 4.90 Å². The lowest BCUT2D eigenvalue weighted by atomic mass is 9.98. The van der Waals surface area contributed by atoms with Gasteiger partial charge >= 0.3 is 0 Å². The fourth-order valence-electron chi connectivity index (χ4n) is 3.50. The van der Waals surface area contributed by atoms with Crippen LogP contribution < -0.4 is 5.14 Å². The van der Waals surface area contributed by atoms with Gasteiger partial charge in [-0.05, 0) is 58.0 Å². The van der Waals surface area contributed by atoms with Gasteiger partial charge in [0, 0.05) is 17.3 Å². The van der Waals surface area contributed by atoms with Gasteiger partial charge in [0.15, 0.2) is 0 Å². The van der Waals surface area contributed by atoms with Crippen LogP contribution in [0.15, 0.2) is 0 Å². The Morgan fingerprint density at radius 3 is 2.86 bits per heavy atom. The van der Waals surface area contributed by atoms with Crippen LogP contribution in [0.3, 0.4) is 0 Å². The molecule has 1 aromatic rings. The van der Waals surface area contributed by atoms with Crippen LogP contribution in [0.1, 0.15) is 53.6 Å². The Kier molecular flexibility index (Phi) is 5.17. The first-order chi connectivity index (χ1) is 10.5. The van der Waals surface area contributed by atoms with Gasteiger partial charge < -0.3 is 4.90 Å². The minimum Gasteiger partial charge on any atom is -0.303 e. The zero-order valence-electron chi connectivity index (χ0n) is 13.0. The van der Waals surface area contributed by atoms with Crippen LogP contribution in [-0.4, -0.2) is 43.7 Å². The van der Waals surface area contributed by atoms with E-state index in [0.717, 1.165) is 26.1 Å². The van der Waals surface area contributed by atoms with E-state index in [9.17, 15) is 8.42 Å². The highest BCUT2D eigenvalue weighted by molar-refractivity contribution is 7.89. The van der Waals surface area contributed by atoms with Gasteiger partial charge in [0.05, 0.1) is 16.5 Å². The molecule has 7 heteroatoms. The lowest BCUT2D eigenvalue weighted by Crippen LogP contribution is -2.36. The number of piperidine rings is 1. The molecular formula is C15H25N3O2S2. The summed E-state index contributed by atoms with van der Waals surface area (Å²) in [6.45, 7) is 2.89. The van der Waals surface area contributed by atoms with Crippen LogP contribution in [0, 0.1) is 0 Å². The third kappa shape index (κ3) is 4.28. The molecule has 2 heterocycles. The molecule has 2 N–H and O–H groups in total. The number of hydrogen-bond acceptors (Lipinski definition) is 5. The summed E-state index contributed by atoms with van der Waals surface area (Å²) in [5.74, 6) is 0.610. The topological polar surface area (TPSA) is 76.3 Å². The summed E-state index contributed by atoms with van der Waals surface area (Å²) in [6.07, 6.45) is 7.94. The summed E-state index contributed by atoms with van der Waals surface area (Å²) < 4.78 is 22.0. The summed E-state index contributed by atoms with van der Waals surface area (Å²) in [7, 11) is -3.33. The first-order valence-electron chi connectivity index (χ1n) is 8.22. The molecule has 0 saturated carbocycles. The average molecular weight is 344 g/mol. The van der Waals surface area contributed by atoms with Crippen LogP contribution in [-0.2, 0) is 22.9 Å². The number of sulfonamides is 1. The summed E-state index contributed by atoms with van der Waals surface area (Å²) in [5, 5.41) is 6.38. The van der Waals surface area contributed by atoms with Crippen molar-refractivity contribution in [1.82, 2.24) is 9.88 Å². The van der Waals surface area contributed by atoms with Crippen LogP contribution in [0.4, 0.5) is 0 Å². The zero-order chi connectivity index (χ0) is 15.6. The lowest BCUT2D eigenvalue weighted by molar-refractivity contribution is 0.208. The normalized spacial score (nSPS) is 23.4. The van der Waals surface area contributed by atoms with Crippen molar-refractivity contribution in [3.05, 3.63) is 15.6 Å². The summed E-state index contributed by atoms with van der Waals surface area (Å²) in [4.78, 5) is 8.79. The Morgan fingerprint density at radius 1 is 1.27 bits per heavy atom. The highest BCUT2D eigenvalue weighted by Gasteiger charge is 2.25. The summed E-state index contributed by atoms with van der Waals surface area (Å²) in [6, 6.07) is 0. The SMILES string of the molecule is NS(=O)(=O)CCCN1CCC[C@H](c2nc3c(s2)CCCC3)C1. The Hall–Kier alpha value is -0.500. The molecule has 0 aromatic carbocycles. The molecule has 0 radical (unpaired) electrons. The second-order valence-electron chi connectivity index (χ2n) is 6.49. The van der Waals surface area contributed by atoms with Gasteiger partial charge in [-0.25, -0.2) is 18.5 Å². The van der Waals surface area contributed by atoms with Crippen molar-refractivity contribution in [3.63, 3.8) is 0 Å². The molecule has 1 fully saturated rings. The van der Waals surface area contributed by atoms with Crippen molar-refractivity contribution in [2.24, 2.45) is 5.14 Å². The highest BCUT2D eigenvalue weighted by Crippen LogP contribution is 2.34. The number of nitrogens with zero attached hydrogens (tertiary/aromatic N) is 2. The van der Waals surface area contributed by atoms with Crippen LogP contribution in [0.5, 0.6) is 0 Å². The van der Waals surface area contributed by atoms with Crippen molar-refractivity contribution in [3.8, 4) is 0 Å². The molecule has 0 spiro atoms. The maximum absolute atomic E-state index is 11.0. The fourth-order valence-corrected chi connectivity index (χ4v) is 5.31. The standard InChI is InChI=1S/C15H25N3O2S2/c16-22(19,20)10-4-9-18-8-3-5-12(11-18)15-17-13-6-1-2-7-14(13)21-15/h12H,1-11H2,(H2,16,19,20)/t12-/m0/s1. The zero-order valence-corrected chi connectivity index (χ0v) is 14.6. The molecule has 0 amide bonds. The van der Waals surface area contributed by atoms with Crippen LogP contribution in [0.2, 0.25) is 0 Å². The smallest absolute Gasteiger partial charge is 0.209 e. The van der Waals surface area contributed by atoms with Gasteiger partial charge in [-0.15, -0.1) is 11.3 Å². The maximum Gasteiger partial charge on any atom is 0.209 e. The third-order valence-electron chi connectivity index (χ3n) is 4.62. The monoisotopic (exact) mass is 343 g/mol. The number of aryl methyl sites for hydroxylation is 2. The number of hydrogen-bond donors (Lipinski definition) is 1. The molecule has 2 aliphatic rings. The Balaban J connectivity index is 1.57. The van der Waals surface area contributed by atoms with Crippen molar-refractivity contribution >= 4 is 21.4 Å².